The summed E-state index contributed by atoms with van der Waals surface area (Å²) in [7, 11) is 1.79. The van der Waals surface area contributed by atoms with Gasteiger partial charge < -0.3 is 14.2 Å². The van der Waals surface area contributed by atoms with Crippen molar-refractivity contribution in [1.82, 2.24) is 25.0 Å². The van der Waals surface area contributed by atoms with E-state index in [1.165, 1.54) is 12.1 Å². The highest BCUT2D eigenvalue weighted by atomic mass is 19.1. The van der Waals surface area contributed by atoms with E-state index in [1.807, 2.05) is 0 Å². The van der Waals surface area contributed by atoms with Gasteiger partial charge >= 0.3 is 0 Å². The van der Waals surface area contributed by atoms with E-state index in [9.17, 15) is 14.0 Å². The molecule has 0 unspecified atom stereocenters. The molecule has 4 rings (SSSR count). The van der Waals surface area contributed by atoms with Crippen molar-refractivity contribution >= 4 is 11.8 Å². The van der Waals surface area contributed by atoms with Crippen molar-refractivity contribution in [3.05, 3.63) is 41.6 Å². The highest BCUT2D eigenvalue weighted by molar-refractivity contribution is 5.81. The predicted molar refractivity (Wildman–Crippen MR) is 100 cm³/mol. The quantitative estimate of drug-likeness (QED) is 0.775. The first-order chi connectivity index (χ1) is 13.9. The molecule has 9 heteroatoms. The Kier molecular flexibility index (Phi) is 5.29. The number of fused-ring (bicyclic) bond motifs is 1. The Morgan fingerprint density at radius 1 is 1.24 bits per heavy atom. The number of likely N-dealkylation sites (N-methyl/N-ethyl adjacent to an activating group) is 1. The smallest absolute Gasteiger partial charge is 0.228 e. The summed E-state index contributed by atoms with van der Waals surface area (Å²) in [6.07, 6.45) is 2.53. The zero-order valence-corrected chi connectivity index (χ0v) is 16.5. The maximum atomic E-state index is 13.0. The summed E-state index contributed by atoms with van der Waals surface area (Å²) >= 11 is 0. The second-order valence-electron chi connectivity index (χ2n) is 7.86. The Morgan fingerprint density at radius 2 is 2.03 bits per heavy atom. The monoisotopic (exact) mass is 401 g/mol. The van der Waals surface area contributed by atoms with Crippen molar-refractivity contribution in [2.24, 2.45) is 11.8 Å². The van der Waals surface area contributed by atoms with E-state index in [0.717, 1.165) is 6.20 Å². The zero-order chi connectivity index (χ0) is 20.5. The van der Waals surface area contributed by atoms with Gasteiger partial charge in [-0.2, -0.15) is 0 Å². The number of likely N-dealkylation sites (tertiary alicyclic amines) is 2. The Hall–Kier alpha value is -2.84. The van der Waals surface area contributed by atoms with Crippen LogP contribution >= 0.6 is 0 Å². The lowest BCUT2D eigenvalue weighted by atomic mass is 9.74. The fourth-order valence-corrected chi connectivity index (χ4v) is 4.47. The van der Waals surface area contributed by atoms with Crippen LogP contribution in [0.3, 0.4) is 0 Å². The first kappa shape index (κ1) is 19.5. The summed E-state index contributed by atoms with van der Waals surface area (Å²) in [5, 5.41) is 8.14. The van der Waals surface area contributed by atoms with Crippen molar-refractivity contribution < 1.29 is 18.4 Å². The Labute approximate surface area is 168 Å². The minimum Gasteiger partial charge on any atom is -0.425 e. The van der Waals surface area contributed by atoms with E-state index in [2.05, 4.69) is 15.2 Å². The van der Waals surface area contributed by atoms with Crippen LogP contribution < -0.4 is 0 Å². The summed E-state index contributed by atoms with van der Waals surface area (Å²) in [6, 6.07) is 2.83. The molecule has 2 aromatic rings. The number of hydrogen-bond donors (Lipinski definition) is 0. The van der Waals surface area contributed by atoms with Crippen LogP contribution in [0, 0.1) is 24.6 Å². The molecule has 0 N–H and O–H groups in total. The zero-order valence-electron chi connectivity index (χ0n) is 16.5. The molecule has 0 saturated carbocycles. The molecule has 0 spiro atoms. The SMILES string of the molecule is Cc1nnc([C@@H]2CN(C)C(=O)[C@H]3CCN(C(=O)Cc4ccc(F)cn4)CC[C@H]32)o1. The lowest BCUT2D eigenvalue weighted by Crippen LogP contribution is -2.47. The third-order valence-corrected chi connectivity index (χ3v) is 5.97. The molecule has 29 heavy (non-hydrogen) atoms. The van der Waals surface area contributed by atoms with Crippen molar-refractivity contribution in [1.29, 1.82) is 0 Å². The van der Waals surface area contributed by atoms with Crippen LogP contribution in [-0.4, -0.2) is 63.5 Å². The van der Waals surface area contributed by atoms with E-state index in [-0.39, 0.29) is 36.0 Å². The topological polar surface area (TPSA) is 92.4 Å². The number of hydrogen-bond acceptors (Lipinski definition) is 6. The fourth-order valence-electron chi connectivity index (χ4n) is 4.47. The molecule has 2 aliphatic heterocycles. The maximum absolute atomic E-state index is 13.0. The van der Waals surface area contributed by atoms with Gasteiger partial charge in [0.15, 0.2) is 0 Å². The number of carbonyl (C=O) groups is 2. The van der Waals surface area contributed by atoms with Gasteiger partial charge in [-0.3, -0.25) is 14.6 Å². The normalized spacial score (nSPS) is 24.9. The number of aryl methyl sites for hydroxylation is 1. The van der Waals surface area contributed by atoms with Gasteiger partial charge in [-0.05, 0) is 30.9 Å². The summed E-state index contributed by atoms with van der Waals surface area (Å²) in [4.78, 5) is 33.1. The lowest BCUT2D eigenvalue weighted by Gasteiger charge is -2.39. The highest BCUT2D eigenvalue weighted by Gasteiger charge is 2.45. The summed E-state index contributed by atoms with van der Waals surface area (Å²) in [5.74, 6) is 0.543. The molecule has 0 aliphatic carbocycles. The van der Waals surface area contributed by atoms with Crippen LogP contribution in [0.2, 0.25) is 0 Å². The second-order valence-corrected chi connectivity index (χ2v) is 7.86. The molecule has 3 atom stereocenters. The number of nitrogens with zero attached hydrogens (tertiary/aromatic N) is 5. The van der Waals surface area contributed by atoms with Crippen LogP contribution in [0.15, 0.2) is 22.7 Å². The third kappa shape index (κ3) is 3.99. The molecular formula is C20H24FN5O3. The molecule has 0 bridgehead atoms. The van der Waals surface area contributed by atoms with Crippen LogP contribution in [0.25, 0.3) is 0 Å². The van der Waals surface area contributed by atoms with Crippen molar-refractivity contribution in [3.63, 3.8) is 0 Å². The Morgan fingerprint density at radius 3 is 2.72 bits per heavy atom. The molecule has 0 radical (unpaired) electrons. The minimum absolute atomic E-state index is 0.0299. The van der Waals surface area contributed by atoms with Gasteiger partial charge in [0, 0.05) is 45.2 Å². The number of amides is 2. The number of rotatable bonds is 3. The van der Waals surface area contributed by atoms with Crippen LogP contribution in [-0.2, 0) is 16.0 Å². The second kappa shape index (κ2) is 7.88. The van der Waals surface area contributed by atoms with Crippen LogP contribution in [0.5, 0.6) is 0 Å². The molecular weight excluding hydrogens is 377 g/mol. The van der Waals surface area contributed by atoms with Gasteiger partial charge in [0.2, 0.25) is 23.6 Å². The van der Waals surface area contributed by atoms with Gasteiger partial charge in [0.05, 0.1) is 18.5 Å². The average molecular weight is 401 g/mol. The minimum atomic E-state index is -0.426. The molecule has 2 fully saturated rings. The number of carbonyl (C=O) groups excluding carboxylic acids is 2. The van der Waals surface area contributed by atoms with Gasteiger partial charge in [-0.25, -0.2) is 4.39 Å². The third-order valence-electron chi connectivity index (χ3n) is 5.97. The molecule has 8 nitrogen and oxygen atoms in total. The Balaban J connectivity index is 1.49. The van der Waals surface area contributed by atoms with Crippen LogP contribution in [0.1, 0.15) is 36.2 Å². The molecule has 2 saturated heterocycles. The number of aromatic nitrogens is 3. The summed E-state index contributed by atoms with van der Waals surface area (Å²) in [5.41, 5.74) is 0.535. The molecule has 0 aromatic carbocycles. The van der Waals surface area contributed by atoms with E-state index < -0.39 is 5.82 Å². The number of halogens is 1. The molecule has 2 amide bonds. The number of piperidine rings is 1. The first-order valence-electron chi connectivity index (χ1n) is 9.85. The van der Waals surface area contributed by atoms with Gasteiger partial charge in [-0.1, -0.05) is 0 Å². The summed E-state index contributed by atoms with van der Waals surface area (Å²) < 4.78 is 18.7. The lowest BCUT2D eigenvalue weighted by molar-refractivity contribution is -0.141. The molecule has 2 aliphatic rings. The van der Waals surface area contributed by atoms with Crippen LogP contribution in [0.4, 0.5) is 4.39 Å². The van der Waals surface area contributed by atoms with Gasteiger partial charge in [0.1, 0.15) is 5.82 Å². The van der Waals surface area contributed by atoms with E-state index in [1.54, 1.807) is 23.8 Å². The average Bonchev–Trinajstić information content (AvgIpc) is 3.00. The molecule has 154 valence electrons. The molecule has 4 heterocycles. The fraction of sp³-hybridized carbons (Fsp3) is 0.550. The van der Waals surface area contributed by atoms with Gasteiger partial charge in [0.25, 0.3) is 0 Å². The number of pyridine rings is 1. The van der Waals surface area contributed by atoms with Crippen molar-refractivity contribution in [2.75, 3.05) is 26.7 Å². The standard InChI is InChI=1S/C20H24FN5O3/c1-12-23-24-19(29-12)17-11-25(2)20(28)16-6-8-26(7-5-15(16)17)18(27)9-14-4-3-13(21)10-22-14/h3-4,10,15-17H,5-9,11H2,1-2H3/t15-,16+,17-/m1/s1. The van der Waals surface area contributed by atoms with Crippen molar-refractivity contribution in [2.45, 2.75) is 32.1 Å². The Bertz CT molecular complexity index is 900. The summed E-state index contributed by atoms with van der Waals surface area (Å²) in [6.45, 7) is 3.36. The highest BCUT2D eigenvalue weighted by Crippen LogP contribution is 2.41. The van der Waals surface area contributed by atoms with E-state index >= 15 is 0 Å². The van der Waals surface area contributed by atoms with E-state index in [0.29, 0.717) is 50.0 Å². The van der Waals surface area contributed by atoms with Crippen molar-refractivity contribution in [3.8, 4) is 0 Å². The van der Waals surface area contributed by atoms with E-state index in [4.69, 9.17) is 4.42 Å². The molecule has 2 aromatic heterocycles. The van der Waals surface area contributed by atoms with Gasteiger partial charge in [-0.15, -0.1) is 10.2 Å². The maximum Gasteiger partial charge on any atom is 0.228 e. The largest absolute Gasteiger partial charge is 0.425 e. The first-order valence-corrected chi connectivity index (χ1v) is 9.85. The predicted octanol–water partition coefficient (Wildman–Crippen LogP) is 1.57.